The number of hydrogen-bond donors (Lipinski definition) is 0. The van der Waals surface area contributed by atoms with Crippen LogP contribution < -0.4 is 9.47 Å². The van der Waals surface area contributed by atoms with Crippen molar-refractivity contribution in [2.45, 2.75) is 6.61 Å². The Hall–Kier alpha value is -2.04. The van der Waals surface area contributed by atoms with Gasteiger partial charge in [-0.1, -0.05) is 17.7 Å². The maximum Gasteiger partial charge on any atom is 0.130 e. The Morgan fingerprint density at radius 3 is 2.09 bits per heavy atom. The Balaban J connectivity index is 1.59. The molecule has 0 saturated carbocycles. The lowest BCUT2D eigenvalue weighted by Crippen LogP contribution is -1.98. The number of ether oxygens (including phenoxy) is 2. The molecule has 0 aliphatic carbocycles. The molecular weight excluding hydrogens is 378 g/mol. The van der Waals surface area contributed by atoms with E-state index in [9.17, 15) is 0 Å². The highest BCUT2D eigenvalue weighted by Gasteiger charge is 2.01. The lowest BCUT2D eigenvalue weighted by molar-refractivity contribution is 0.300. The van der Waals surface area contributed by atoms with Gasteiger partial charge in [0.15, 0.2) is 0 Å². The summed E-state index contributed by atoms with van der Waals surface area (Å²) < 4.78 is 12.2. The first-order chi connectivity index (χ1) is 11.2. The molecule has 1 heterocycles. The smallest absolute Gasteiger partial charge is 0.130 e. The number of halogens is 2. The van der Waals surface area contributed by atoms with Crippen LogP contribution in [0.4, 0.5) is 0 Å². The second-order valence-electron chi connectivity index (χ2n) is 4.77. The molecule has 0 N–H and O–H groups in total. The van der Waals surface area contributed by atoms with Gasteiger partial charge in [-0.15, -0.1) is 0 Å². The summed E-state index contributed by atoms with van der Waals surface area (Å²) in [4.78, 5) is 4.32. The van der Waals surface area contributed by atoms with Gasteiger partial charge in [0.05, 0.1) is 5.69 Å². The summed E-state index contributed by atoms with van der Waals surface area (Å²) in [7, 11) is 0. The number of benzene rings is 2. The van der Waals surface area contributed by atoms with Gasteiger partial charge in [0.1, 0.15) is 28.5 Å². The highest BCUT2D eigenvalue weighted by Crippen LogP contribution is 2.25. The van der Waals surface area contributed by atoms with Crippen LogP contribution in [0.15, 0.2) is 71.3 Å². The van der Waals surface area contributed by atoms with Crippen LogP contribution in [0.3, 0.4) is 0 Å². The number of rotatable bonds is 5. The molecule has 0 radical (unpaired) electrons. The summed E-state index contributed by atoms with van der Waals surface area (Å²) in [6.07, 6.45) is 0. The number of aromatic nitrogens is 1. The van der Waals surface area contributed by atoms with E-state index in [1.807, 2.05) is 54.6 Å². The fourth-order valence-corrected chi connectivity index (χ4v) is 2.44. The molecule has 0 unspecified atom stereocenters. The Bertz CT molecular complexity index is 776. The third kappa shape index (κ3) is 4.71. The first-order valence-corrected chi connectivity index (χ1v) is 8.14. The molecule has 0 aliphatic rings. The van der Waals surface area contributed by atoms with Crippen LogP contribution in [0.5, 0.6) is 17.2 Å². The van der Waals surface area contributed by atoms with E-state index < -0.39 is 0 Å². The Labute approximate surface area is 148 Å². The van der Waals surface area contributed by atoms with Crippen molar-refractivity contribution < 1.29 is 9.47 Å². The highest BCUT2D eigenvalue weighted by molar-refractivity contribution is 9.10. The number of hydrogen-bond acceptors (Lipinski definition) is 3. The van der Waals surface area contributed by atoms with Crippen LogP contribution in [0.25, 0.3) is 0 Å². The molecule has 3 rings (SSSR count). The standard InChI is InChI=1S/C18H13BrClNO2/c19-18-3-1-2-14(21-18)12-22-15-8-10-17(11-9-15)23-16-6-4-13(20)5-7-16/h1-11H,12H2. The molecular formula is C18H13BrClNO2. The van der Waals surface area contributed by atoms with Crippen molar-refractivity contribution in [3.05, 3.63) is 82.0 Å². The highest BCUT2D eigenvalue weighted by atomic mass is 79.9. The maximum atomic E-state index is 5.85. The molecule has 23 heavy (non-hydrogen) atoms. The molecule has 0 amide bonds. The van der Waals surface area contributed by atoms with Crippen LogP contribution in [0, 0.1) is 0 Å². The molecule has 0 saturated heterocycles. The summed E-state index contributed by atoms with van der Waals surface area (Å²) in [5, 5.41) is 0.683. The molecule has 3 nitrogen and oxygen atoms in total. The molecule has 0 aliphatic heterocycles. The van der Waals surface area contributed by atoms with Gasteiger partial charge in [-0.2, -0.15) is 0 Å². The minimum atomic E-state index is 0.414. The molecule has 116 valence electrons. The summed E-state index contributed by atoms with van der Waals surface area (Å²) in [5.41, 5.74) is 0.862. The fraction of sp³-hybridized carbons (Fsp3) is 0.0556. The van der Waals surface area contributed by atoms with E-state index in [-0.39, 0.29) is 0 Å². The van der Waals surface area contributed by atoms with E-state index in [0.717, 1.165) is 27.5 Å². The van der Waals surface area contributed by atoms with Crippen LogP contribution in [-0.4, -0.2) is 4.98 Å². The van der Waals surface area contributed by atoms with Gasteiger partial charge in [-0.25, -0.2) is 4.98 Å². The van der Waals surface area contributed by atoms with E-state index in [1.54, 1.807) is 12.1 Å². The van der Waals surface area contributed by atoms with Crippen molar-refractivity contribution in [1.29, 1.82) is 0 Å². The Morgan fingerprint density at radius 2 is 1.43 bits per heavy atom. The van der Waals surface area contributed by atoms with Gasteiger partial charge >= 0.3 is 0 Å². The van der Waals surface area contributed by atoms with Gasteiger partial charge in [-0.05, 0) is 76.6 Å². The van der Waals surface area contributed by atoms with Crippen molar-refractivity contribution in [1.82, 2.24) is 4.98 Å². The SMILES string of the molecule is Clc1ccc(Oc2ccc(OCc3cccc(Br)n3)cc2)cc1. The Morgan fingerprint density at radius 1 is 0.826 bits per heavy atom. The van der Waals surface area contributed by atoms with Crippen LogP contribution in [-0.2, 0) is 6.61 Å². The van der Waals surface area contributed by atoms with Crippen molar-refractivity contribution in [2.24, 2.45) is 0 Å². The monoisotopic (exact) mass is 389 g/mol. The van der Waals surface area contributed by atoms with Crippen molar-refractivity contribution >= 4 is 27.5 Å². The quantitative estimate of drug-likeness (QED) is 0.511. The van der Waals surface area contributed by atoms with Gasteiger partial charge in [0, 0.05) is 5.02 Å². The molecule has 0 spiro atoms. The van der Waals surface area contributed by atoms with E-state index >= 15 is 0 Å². The van der Waals surface area contributed by atoms with Crippen LogP contribution in [0.2, 0.25) is 5.02 Å². The molecule has 5 heteroatoms. The van der Waals surface area contributed by atoms with Crippen molar-refractivity contribution in [3.63, 3.8) is 0 Å². The van der Waals surface area contributed by atoms with Crippen LogP contribution >= 0.6 is 27.5 Å². The largest absolute Gasteiger partial charge is 0.487 e. The van der Waals surface area contributed by atoms with E-state index in [0.29, 0.717) is 11.6 Å². The summed E-state index contributed by atoms with van der Waals surface area (Å²) in [5.74, 6) is 2.23. The van der Waals surface area contributed by atoms with E-state index in [1.165, 1.54) is 0 Å². The topological polar surface area (TPSA) is 31.4 Å². The predicted molar refractivity (Wildman–Crippen MR) is 94.2 cm³/mol. The summed E-state index contributed by atoms with van der Waals surface area (Å²) in [6, 6.07) is 20.4. The first-order valence-electron chi connectivity index (χ1n) is 6.97. The van der Waals surface area contributed by atoms with Crippen molar-refractivity contribution in [3.8, 4) is 17.2 Å². The second kappa shape index (κ2) is 7.49. The third-order valence-corrected chi connectivity index (χ3v) is 3.73. The summed E-state index contributed by atoms with van der Waals surface area (Å²) in [6.45, 7) is 0.414. The average Bonchev–Trinajstić information content (AvgIpc) is 2.56. The molecule has 3 aromatic rings. The normalized spacial score (nSPS) is 10.3. The lowest BCUT2D eigenvalue weighted by Gasteiger charge is -2.08. The van der Waals surface area contributed by atoms with E-state index in [4.69, 9.17) is 21.1 Å². The number of nitrogens with zero attached hydrogens (tertiary/aromatic N) is 1. The predicted octanol–water partition coefficient (Wildman–Crippen LogP) is 5.87. The molecule has 0 bridgehead atoms. The Kier molecular flexibility index (Phi) is 5.16. The molecule has 1 aromatic heterocycles. The second-order valence-corrected chi connectivity index (χ2v) is 6.02. The van der Waals surface area contributed by atoms with Gasteiger partial charge in [0.25, 0.3) is 0 Å². The fourth-order valence-electron chi connectivity index (χ4n) is 1.93. The maximum absolute atomic E-state index is 5.85. The third-order valence-electron chi connectivity index (χ3n) is 3.03. The zero-order valence-electron chi connectivity index (χ0n) is 12.1. The van der Waals surface area contributed by atoms with Crippen molar-refractivity contribution in [2.75, 3.05) is 0 Å². The molecule has 2 aromatic carbocycles. The lowest BCUT2D eigenvalue weighted by atomic mass is 10.3. The zero-order valence-corrected chi connectivity index (χ0v) is 14.4. The molecule has 0 fully saturated rings. The molecule has 0 atom stereocenters. The first kappa shape index (κ1) is 15.8. The van der Waals surface area contributed by atoms with E-state index in [2.05, 4.69) is 20.9 Å². The number of pyridine rings is 1. The van der Waals surface area contributed by atoms with Gasteiger partial charge in [-0.3, -0.25) is 0 Å². The van der Waals surface area contributed by atoms with Gasteiger partial charge < -0.3 is 9.47 Å². The summed E-state index contributed by atoms with van der Waals surface area (Å²) >= 11 is 9.19. The minimum Gasteiger partial charge on any atom is -0.487 e. The zero-order chi connectivity index (χ0) is 16.1. The average molecular weight is 391 g/mol. The minimum absolute atomic E-state index is 0.414. The van der Waals surface area contributed by atoms with Crippen LogP contribution in [0.1, 0.15) is 5.69 Å². The van der Waals surface area contributed by atoms with Gasteiger partial charge in [0.2, 0.25) is 0 Å².